The van der Waals surface area contributed by atoms with Crippen LogP contribution < -0.4 is 0 Å². The van der Waals surface area contributed by atoms with Gasteiger partial charge in [0.25, 0.3) is 0 Å². The summed E-state index contributed by atoms with van der Waals surface area (Å²) in [5.74, 6) is 0. The normalized spacial score (nSPS) is 11.8. The van der Waals surface area contributed by atoms with Crippen molar-refractivity contribution in [2.24, 2.45) is 0 Å². The maximum absolute atomic E-state index is 11.8. The van der Waals surface area contributed by atoms with Gasteiger partial charge in [0.2, 0.25) is 0 Å². The van der Waals surface area contributed by atoms with E-state index >= 15 is 0 Å². The van der Waals surface area contributed by atoms with Crippen molar-refractivity contribution in [3.63, 3.8) is 0 Å². The fraction of sp³-hybridized carbons (Fsp3) is 0.737. The second-order valence-corrected chi connectivity index (χ2v) is 28.4. The van der Waals surface area contributed by atoms with Gasteiger partial charge in [-0.15, -0.1) is 0 Å². The number of hydrogen-bond donors (Lipinski definition) is 0. The first kappa shape index (κ1) is 79.6. The summed E-state index contributed by atoms with van der Waals surface area (Å²) in [4.78, 5) is -0.207. The van der Waals surface area contributed by atoms with Crippen LogP contribution in [0.15, 0.2) is 70.5 Å². The van der Waals surface area contributed by atoms with Crippen LogP contribution in [0.4, 0.5) is 0 Å². The monoisotopic (exact) mass is 1240 g/mol. The van der Waals surface area contributed by atoms with Crippen LogP contribution in [-0.4, -0.2) is 63.7 Å². The molecule has 4 aromatic carbocycles. The van der Waals surface area contributed by atoms with E-state index in [-0.39, 0.29) is 47.5 Å². The van der Waals surface area contributed by atoms with E-state index < -0.39 is 20.2 Å². The van der Waals surface area contributed by atoms with E-state index in [0.29, 0.717) is 0 Å². The number of hydrogen-bond acceptors (Lipinski definition) is 6. The van der Waals surface area contributed by atoms with Crippen LogP contribution in [0, 0.1) is 0 Å². The van der Waals surface area contributed by atoms with Crippen LogP contribution in [0.3, 0.4) is 0 Å². The average Bonchev–Trinajstić information content (AvgIpc) is 3.44. The minimum atomic E-state index is -4.46. The third-order valence-corrected chi connectivity index (χ3v) is 19.8. The first-order valence-corrected chi connectivity index (χ1v) is 38.8. The van der Waals surface area contributed by atoms with Crippen molar-refractivity contribution in [3.8, 4) is 0 Å². The molecule has 0 aliphatic carbocycles. The maximum atomic E-state index is 11.8. The van der Waals surface area contributed by atoms with Crippen molar-refractivity contribution in [1.29, 1.82) is 0 Å². The summed E-state index contributed by atoms with van der Waals surface area (Å²) in [6.07, 6.45) is 68.0. The van der Waals surface area contributed by atoms with Crippen molar-refractivity contribution >= 4 is 79.5 Å². The van der Waals surface area contributed by atoms with E-state index in [1.807, 2.05) is 0 Å². The minimum Gasteiger partial charge on any atom is -0.744 e. The number of rotatable bonds is 54. The number of aryl methyl sites for hydroxylation is 4. The Morgan fingerprint density at radius 1 is 0.259 bits per heavy atom. The molecule has 85 heavy (non-hydrogen) atoms. The molecule has 0 unspecified atom stereocenters. The van der Waals surface area contributed by atoms with Gasteiger partial charge in [-0.25, -0.2) is 16.8 Å². The maximum Gasteiger partial charge on any atom is 2.00 e. The van der Waals surface area contributed by atoms with Gasteiger partial charge in [0, 0.05) is 0 Å². The summed E-state index contributed by atoms with van der Waals surface area (Å²) < 4.78 is 70.7. The molecule has 0 saturated carbocycles. The molecule has 0 fully saturated rings. The molecule has 0 bridgehead atoms. The molecule has 0 aliphatic rings. The average molecular weight is 1240 g/mol. The summed E-state index contributed by atoms with van der Waals surface area (Å²) in [7, 11) is -8.92. The van der Waals surface area contributed by atoms with E-state index in [4.69, 9.17) is 0 Å². The van der Waals surface area contributed by atoms with Gasteiger partial charge in [0.1, 0.15) is 20.2 Å². The smallest absolute Gasteiger partial charge is 0.744 e. The van der Waals surface area contributed by atoms with E-state index in [1.165, 1.54) is 330 Å². The Bertz CT molecular complexity index is 2300. The molecule has 0 spiro atoms. The molecular weight excluding hydrogens is 1110 g/mol. The zero-order valence-corrected chi connectivity index (χ0v) is 59.4. The fourth-order valence-corrected chi connectivity index (χ4v) is 13.8. The number of benzene rings is 4. The van der Waals surface area contributed by atoms with Gasteiger partial charge in [0.05, 0.1) is 9.79 Å². The van der Waals surface area contributed by atoms with Gasteiger partial charge in [0.15, 0.2) is 0 Å². The Kier molecular flexibility index (Phi) is 48.8. The Morgan fingerprint density at radius 2 is 0.447 bits per heavy atom. The molecular formula is C76H126CaO6S2. The molecule has 0 saturated heterocycles. The largest absolute Gasteiger partial charge is 2.00 e. The molecule has 0 aromatic heterocycles. The Labute approximate surface area is 555 Å². The molecule has 4 rings (SSSR count). The summed E-state index contributed by atoms with van der Waals surface area (Å²) in [5, 5.41) is 4.00. The van der Waals surface area contributed by atoms with Crippen molar-refractivity contribution in [2.45, 2.75) is 371 Å². The zero-order chi connectivity index (χ0) is 60.6. The third-order valence-electron chi connectivity index (χ3n) is 18.1. The first-order chi connectivity index (χ1) is 40.9. The predicted molar refractivity (Wildman–Crippen MR) is 369 cm³/mol. The second kappa shape index (κ2) is 52.1. The van der Waals surface area contributed by atoms with Crippen LogP contribution >= 0.6 is 0 Å². The molecule has 0 N–H and O–H groups in total. The summed E-state index contributed by atoms with van der Waals surface area (Å²) in [6.45, 7) is 9.10. The van der Waals surface area contributed by atoms with E-state index in [0.717, 1.165) is 60.1 Å². The van der Waals surface area contributed by atoms with Gasteiger partial charge in [-0.2, -0.15) is 0 Å². The molecule has 0 atom stereocenters. The molecule has 0 radical (unpaired) electrons. The van der Waals surface area contributed by atoms with Crippen molar-refractivity contribution < 1.29 is 25.9 Å². The quantitative estimate of drug-likeness (QED) is 0.0247. The Morgan fingerprint density at radius 3 is 0.659 bits per heavy atom. The van der Waals surface area contributed by atoms with Crippen molar-refractivity contribution in [1.82, 2.24) is 0 Å². The van der Waals surface area contributed by atoms with Gasteiger partial charge in [-0.1, -0.05) is 347 Å². The molecule has 6 nitrogen and oxygen atoms in total. The van der Waals surface area contributed by atoms with E-state index in [2.05, 4.69) is 52.0 Å². The van der Waals surface area contributed by atoms with Gasteiger partial charge < -0.3 is 9.11 Å². The predicted octanol–water partition coefficient (Wildman–Crippen LogP) is 24.1. The summed E-state index contributed by atoms with van der Waals surface area (Å²) >= 11 is 0. The zero-order valence-electron chi connectivity index (χ0n) is 55.5. The SMILES string of the molecule is CCCCCCCCCCCCCCc1ccc2ccc(S(=O)(=O)[O-])cc2c1CCCCCCCCCCCCCC.CCCCCCCCCCCCCCc1ccc2ccc(S(=O)(=O)[O-])cc2c1CCCCCCCCCCCCCC.[Ca+2]. The van der Waals surface area contributed by atoms with Crippen LogP contribution in [-0.2, 0) is 45.9 Å². The molecule has 4 aromatic rings. The van der Waals surface area contributed by atoms with E-state index in [9.17, 15) is 25.9 Å². The van der Waals surface area contributed by atoms with E-state index in [1.54, 1.807) is 24.3 Å². The van der Waals surface area contributed by atoms with Crippen LogP contribution in [0.5, 0.6) is 0 Å². The van der Waals surface area contributed by atoms with Gasteiger partial charge in [-0.3, -0.25) is 0 Å². The molecule has 0 aliphatic heterocycles. The first-order valence-electron chi connectivity index (χ1n) is 35.9. The molecule has 480 valence electrons. The van der Waals surface area contributed by atoms with Crippen LogP contribution in [0.2, 0.25) is 0 Å². The standard InChI is InChI=1S/2C38H64O3S.Ca/c2*1-3-5-7-9-11-13-15-17-19-21-23-25-27-34-29-30-35-31-32-36(42(39,40)41)33-38(35)37(34)28-26-24-22-20-18-16-14-12-10-8-6-4-2;/h2*29-33H,3-28H2,1-2H3,(H,39,40,41);/q;;+2/p-2. The topological polar surface area (TPSA) is 114 Å². The van der Waals surface area contributed by atoms with Crippen molar-refractivity contribution in [2.75, 3.05) is 0 Å². The minimum absolute atomic E-state index is 0. The third kappa shape index (κ3) is 38.1. The number of unbranched alkanes of at least 4 members (excludes halogenated alkanes) is 44. The fourth-order valence-electron chi connectivity index (χ4n) is 12.8. The molecule has 0 heterocycles. The number of fused-ring (bicyclic) bond motifs is 2. The second-order valence-electron chi connectivity index (χ2n) is 25.6. The van der Waals surface area contributed by atoms with Crippen molar-refractivity contribution in [3.05, 3.63) is 82.9 Å². The summed E-state index contributed by atoms with van der Waals surface area (Å²) in [5.41, 5.74) is 5.23. The Balaban J connectivity index is 0.000000573. The molecule has 9 heteroatoms. The Hall–Kier alpha value is -1.52. The van der Waals surface area contributed by atoms with Crippen LogP contribution in [0.1, 0.15) is 358 Å². The van der Waals surface area contributed by atoms with Gasteiger partial charge >= 0.3 is 37.7 Å². The summed E-state index contributed by atoms with van der Waals surface area (Å²) in [6, 6.07) is 18.5. The molecule has 0 amide bonds. The van der Waals surface area contributed by atoms with Crippen LogP contribution in [0.25, 0.3) is 21.5 Å². The van der Waals surface area contributed by atoms with Gasteiger partial charge in [-0.05, 0) is 119 Å².